The second kappa shape index (κ2) is 7.41. The molecule has 1 saturated heterocycles. The molecule has 0 aliphatic carbocycles. The molecule has 2 aromatic heterocycles. The van der Waals surface area contributed by atoms with Crippen LogP contribution in [0.2, 0.25) is 0 Å². The van der Waals surface area contributed by atoms with Gasteiger partial charge in [-0.3, -0.25) is 4.79 Å². The largest absolute Gasteiger partial charge is 0.465 e. The molecular formula is C16H17N3O4S. The highest BCUT2D eigenvalue weighted by molar-refractivity contribution is 7.12. The average Bonchev–Trinajstić information content (AvgIpc) is 3.12. The molecule has 1 N–H and O–H groups in total. The Morgan fingerprint density at radius 2 is 2.08 bits per heavy atom. The third-order valence-corrected chi connectivity index (χ3v) is 4.54. The van der Waals surface area contributed by atoms with Crippen molar-refractivity contribution in [1.82, 2.24) is 4.98 Å². The highest BCUT2D eigenvalue weighted by Crippen LogP contribution is 2.20. The second-order valence-electron chi connectivity index (χ2n) is 5.11. The minimum absolute atomic E-state index is 0.278. The van der Waals surface area contributed by atoms with Crippen molar-refractivity contribution in [2.45, 2.75) is 0 Å². The number of aromatic nitrogens is 1. The Kier molecular flexibility index (Phi) is 5.07. The Morgan fingerprint density at radius 3 is 2.75 bits per heavy atom. The molecule has 1 amide bonds. The minimum atomic E-state index is -0.522. The third-order valence-electron chi connectivity index (χ3n) is 3.65. The Bertz CT molecular complexity index is 723. The molecule has 0 aromatic carbocycles. The van der Waals surface area contributed by atoms with E-state index < -0.39 is 5.97 Å². The summed E-state index contributed by atoms with van der Waals surface area (Å²) >= 11 is 1.17. The molecule has 0 spiro atoms. The van der Waals surface area contributed by atoms with Crippen molar-refractivity contribution in [2.24, 2.45) is 0 Å². The summed E-state index contributed by atoms with van der Waals surface area (Å²) in [6.45, 7) is 3.05. The van der Waals surface area contributed by atoms with Gasteiger partial charge in [0.1, 0.15) is 10.7 Å². The summed E-state index contributed by atoms with van der Waals surface area (Å²) in [6.07, 6.45) is 1.72. The van der Waals surface area contributed by atoms with Gasteiger partial charge >= 0.3 is 5.97 Å². The highest BCUT2D eigenvalue weighted by Gasteiger charge is 2.20. The van der Waals surface area contributed by atoms with E-state index in [0.29, 0.717) is 19.0 Å². The van der Waals surface area contributed by atoms with E-state index in [1.54, 1.807) is 23.7 Å². The van der Waals surface area contributed by atoms with Crippen LogP contribution in [0, 0.1) is 0 Å². The van der Waals surface area contributed by atoms with Crippen LogP contribution in [-0.2, 0) is 9.47 Å². The van der Waals surface area contributed by atoms with Crippen molar-refractivity contribution in [1.29, 1.82) is 0 Å². The fraction of sp³-hybridized carbons (Fsp3) is 0.312. The van der Waals surface area contributed by atoms with E-state index in [0.717, 1.165) is 18.8 Å². The summed E-state index contributed by atoms with van der Waals surface area (Å²) < 4.78 is 10.0. The zero-order chi connectivity index (χ0) is 16.9. The molecule has 0 unspecified atom stereocenters. The lowest BCUT2D eigenvalue weighted by atomic mass is 10.2. The highest BCUT2D eigenvalue weighted by atomic mass is 32.1. The van der Waals surface area contributed by atoms with Gasteiger partial charge in [0.2, 0.25) is 0 Å². The van der Waals surface area contributed by atoms with Gasteiger partial charge in [-0.2, -0.15) is 0 Å². The number of nitrogens with zero attached hydrogens (tertiary/aromatic N) is 2. The molecule has 1 aliphatic heterocycles. The summed E-state index contributed by atoms with van der Waals surface area (Å²) in [6, 6.07) is 5.24. The van der Waals surface area contributed by atoms with Crippen LogP contribution in [0.1, 0.15) is 20.0 Å². The first-order valence-electron chi connectivity index (χ1n) is 7.45. The number of rotatable bonds is 4. The molecular weight excluding hydrogens is 330 g/mol. The fourth-order valence-corrected chi connectivity index (χ4v) is 3.20. The topological polar surface area (TPSA) is 80.8 Å². The van der Waals surface area contributed by atoms with E-state index in [9.17, 15) is 9.59 Å². The van der Waals surface area contributed by atoms with Crippen molar-refractivity contribution < 1.29 is 19.1 Å². The van der Waals surface area contributed by atoms with E-state index in [-0.39, 0.29) is 16.3 Å². The molecule has 0 saturated carbocycles. The molecule has 3 heterocycles. The molecule has 8 heteroatoms. The summed E-state index contributed by atoms with van der Waals surface area (Å²) in [5.74, 6) is -0.479. The van der Waals surface area contributed by atoms with Gasteiger partial charge in [0.05, 0.1) is 37.8 Å². The number of morpholine rings is 1. The van der Waals surface area contributed by atoms with Crippen LogP contribution in [0.5, 0.6) is 0 Å². The van der Waals surface area contributed by atoms with Crippen LogP contribution < -0.4 is 10.2 Å². The van der Waals surface area contributed by atoms with Gasteiger partial charge in [-0.15, -0.1) is 11.3 Å². The number of pyridine rings is 1. The Balaban J connectivity index is 1.68. The average molecular weight is 347 g/mol. The summed E-state index contributed by atoms with van der Waals surface area (Å²) in [4.78, 5) is 30.7. The van der Waals surface area contributed by atoms with Crippen LogP contribution in [0.4, 0.5) is 11.5 Å². The number of thiophene rings is 1. The second-order valence-corrected chi connectivity index (χ2v) is 6.03. The quantitative estimate of drug-likeness (QED) is 0.852. The molecule has 0 atom stereocenters. The Labute approximate surface area is 143 Å². The predicted octanol–water partition coefficient (Wildman–Crippen LogP) is 2.02. The normalized spacial score (nSPS) is 14.3. The number of hydrogen-bond acceptors (Lipinski definition) is 7. The minimum Gasteiger partial charge on any atom is -0.465 e. The van der Waals surface area contributed by atoms with Crippen LogP contribution >= 0.6 is 11.3 Å². The van der Waals surface area contributed by atoms with Crippen molar-refractivity contribution in [3.63, 3.8) is 0 Å². The standard InChI is InChI=1S/C16H17N3O4S/c1-22-16(21)14-12(4-9-24-14)15(20)18-13-3-2-11(10-17-13)19-5-7-23-8-6-19/h2-4,9-10H,5-8H2,1H3,(H,17,18,20). The van der Waals surface area contributed by atoms with Crippen LogP contribution in [-0.4, -0.2) is 50.3 Å². The zero-order valence-corrected chi connectivity index (χ0v) is 14.0. The summed E-state index contributed by atoms with van der Waals surface area (Å²) in [5, 5.41) is 4.38. The van der Waals surface area contributed by atoms with Gasteiger partial charge in [0.25, 0.3) is 5.91 Å². The van der Waals surface area contributed by atoms with Gasteiger partial charge in [-0.05, 0) is 23.6 Å². The van der Waals surface area contributed by atoms with Gasteiger partial charge in [0, 0.05) is 13.1 Å². The third kappa shape index (κ3) is 3.55. The van der Waals surface area contributed by atoms with Crippen molar-refractivity contribution in [3.05, 3.63) is 40.2 Å². The van der Waals surface area contributed by atoms with Crippen LogP contribution in [0.3, 0.4) is 0 Å². The molecule has 1 aliphatic rings. The molecule has 1 fully saturated rings. The smallest absolute Gasteiger partial charge is 0.348 e. The maximum atomic E-state index is 12.3. The van der Waals surface area contributed by atoms with Crippen molar-refractivity contribution >= 4 is 34.7 Å². The Morgan fingerprint density at radius 1 is 1.29 bits per heavy atom. The van der Waals surface area contributed by atoms with Gasteiger partial charge in [-0.1, -0.05) is 0 Å². The SMILES string of the molecule is COC(=O)c1sccc1C(=O)Nc1ccc(N2CCOCC2)cn1. The molecule has 7 nitrogen and oxygen atoms in total. The maximum Gasteiger partial charge on any atom is 0.348 e. The van der Waals surface area contributed by atoms with Crippen LogP contribution in [0.15, 0.2) is 29.8 Å². The van der Waals surface area contributed by atoms with Crippen molar-refractivity contribution in [2.75, 3.05) is 43.6 Å². The van der Waals surface area contributed by atoms with E-state index >= 15 is 0 Å². The molecule has 0 radical (unpaired) electrons. The molecule has 3 rings (SSSR count). The number of methoxy groups -OCH3 is 1. The van der Waals surface area contributed by atoms with Gasteiger partial charge in [-0.25, -0.2) is 9.78 Å². The van der Waals surface area contributed by atoms with E-state index in [4.69, 9.17) is 4.74 Å². The maximum absolute atomic E-state index is 12.3. The van der Waals surface area contributed by atoms with Crippen LogP contribution in [0.25, 0.3) is 0 Å². The van der Waals surface area contributed by atoms with Gasteiger partial charge < -0.3 is 19.7 Å². The fourth-order valence-electron chi connectivity index (χ4n) is 2.39. The lowest BCUT2D eigenvalue weighted by Gasteiger charge is -2.28. The molecule has 24 heavy (non-hydrogen) atoms. The first-order chi connectivity index (χ1) is 11.7. The lowest BCUT2D eigenvalue weighted by Crippen LogP contribution is -2.36. The number of hydrogen-bond donors (Lipinski definition) is 1. The number of carbonyl (C=O) groups excluding carboxylic acids is 2. The number of nitrogens with one attached hydrogen (secondary N) is 1. The number of amides is 1. The van der Waals surface area contributed by atoms with Crippen molar-refractivity contribution in [3.8, 4) is 0 Å². The molecule has 126 valence electrons. The first-order valence-corrected chi connectivity index (χ1v) is 8.33. The molecule has 2 aromatic rings. The lowest BCUT2D eigenvalue weighted by molar-refractivity contribution is 0.0603. The van der Waals surface area contributed by atoms with E-state index in [1.165, 1.54) is 18.4 Å². The zero-order valence-electron chi connectivity index (χ0n) is 13.2. The van der Waals surface area contributed by atoms with E-state index in [2.05, 4.69) is 19.9 Å². The van der Waals surface area contributed by atoms with Gasteiger partial charge in [0.15, 0.2) is 0 Å². The predicted molar refractivity (Wildman–Crippen MR) is 90.9 cm³/mol. The summed E-state index contributed by atoms with van der Waals surface area (Å²) in [7, 11) is 1.29. The first kappa shape index (κ1) is 16.4. The number of carbonyl (C=O) groups is 2. The number of esters is 1. The monoisotopic (exact) mass is 347 g/mol. The number of anilines is 2. The van der Waals surface area contributed by atoms with E-state index in [1.807, 2.05) is 6.07 Å². The Hall–Kier alpha value is -2.45. The number of ether oxygens (including phenoxy) is 2. The summed E-state index contributed by atoms with van der Waals surface area (Å²) in [5.41, 5.74) is 1.27. The molecule has 0 bridgehead atoms.